The standard InChI is InChI=1S/C12H11IN2O2/c1-2-17-12(16)10-8-11(13)15(14-10)9-6-4-3-5-7-9/h3-8H,2H2,1H3. The van der Waals surface area contributed by atoms with Gasteiger partial charge in [0.2, 0.25) is 0 Å². The second-order valence-electron chi connectivity index (χ2n) is 3.32. The molecule has 0 fully saturated rings. The number of hydrogen-bond donors (Lipinski definition) is 0. The number of esters is 1. The third-order valence-electron chi connectivity index (χ3n) is 2.15. The molecule has 0 saturated heterocycles. The lowest BCUT2D eigenvalue weighted by molar-refractivity contribution is 0.0519. The van der Waals surface area contributed by atoms with Crippen molar-refractivity contribution in [2.75, 3.05) is 6.61 Å². The molecular weight excluding hydrogens is 331 g/mol. The summed E-state index contributed by atoms with van der Waals surface area (Å²) in [5.74, 6) is -0.389. The first-order chi connectivity index (χ1) is 8.22. The molecule has 0 spiro atoms. The van der Waals surface area contributed by atoms with E-state index in [0.717, 1.165) is 9.39 Å². The molecule has 2 rings (SSSR count). The Labute approximate surface area is 113 Å². The summed E-state index contributed by atoms with van der Waals surface area (Å²) in [6.07, 6.45) is 0. The van der Waals surface area contributed by atoms with E-state index in [2.05, 4.69) is 27.7 Å². The molecule has 0 aliphatic carbocycles. The molecule has 1 aromatic carbocycles. The van der Waals surface area contributed by atoms with Gasteiger partial charge in [-0.2, -0.15) is 5.10 Å². The number of carbonyl (C=O) groups is 1. The summed E-state index contributed by atoms with van der Waals surface area (Å²) in [7, 11) is 0. The fourth-order valence-electron chi connectivity index (χ4n) is 1.41. The predicted molar refractivity (Wildman–Crippen MR) is 72.2 cm³/mol. The van der Waals surface area contributed by atoms with E-state index < -0.39 is 0 Å². The van der Waals surface area contributed by atoms with Crippen LogP contribution in [0.15, 0.2) is 36.4 Å². The number of hydrogen-bond acceptors (Lipinski definition) is 3. The van der Waals surface area contributed by atoms with Crippen LogP contribution in [-0.4, -0.2) is 22.4 Å². The fraction of sp³-hybridized carbons (Fsp3) is 0.167. The first kappa shape index (κ1) is 12.1. The summed E-state index contributed by atoms with van der Waals surface area (Å²) in [6, 6.07) is 11.4. The minimum Gasteiger partial charge on any atom is -0.461 e. The van der Waals surface area contributed by atoms with Gasteiger partial charge in [-0.25, -0.2) is 9.48 Å². The largest absolute Gasteiger partial charge is 0.461 e. The summed E-state index contributed by atoms with van der Waals surface area (Å²) in [5.41, 5.74) is 1.26. The van der Waals surface area contributed by atoms with Crippen molar-refractivity contribution in [3.05, 3.63) is 45.8 Å². The van der Waals surface area contributed by atoms with Crippen LogP contribution in [0.2, 0.25) is 0 Å². The van der Waals surface area contributed by atoms with E-state index in [1.807, 2.05) is 30.3 Å². The Hall–Kier alpha value is -1.37. The molecule has 0 unspecified atom stereocenters. The number of aromatic nitrogens is 2. The van der Waals surface area contributed by atoms with Crippen LogP contribution < -0.4 is 0 Å². The zero-order valence-corrected chi connectivity index (χ0v) is 11.4. The van der Waals surface area contributed by atoms with Crippen LogP contribution in [-0.2, 0) is 4.74 Å². The van der Waals surface area contributed by atoms with Gasteiger partial charge in [0, 0.05) is 6.07 Å². The number of carbonyl (C=O) groups excluding carboxylic acids is 1. The molecular formula is C12H11IN2O2. The molecule has 2 aromatic rings. The molecule has 0 aliphatic heterocycles. The van der Waals surface area contributed by atoms with Gasteiger partial charge in [-0.3, -0.25) is 0 Å². The highest BCUT2D eigenvalue weighted by atomic mass is 127. The van der Waals surface area contributed by atoms with Crippen LogP contribution in [0, 0.1) is 3.70 Å². The topological polar surface area (TPSA) is 44.1 Å². The van der Waals surface area contributed by atoms with Crippen LogP contribution in [0.4, 0.5) is 0 Å². The lowest BCUT2D eigenvalue weighted by Crippen LogP contribution is -2.06. The number of para-hydroxylation sites is 1. The molecule has 0 N–H and O–H groups in total. The van der Waals surface area contributed by atoms with Gasteiger partial charge in [-0.15, -0.1) is 0 Å². The average molecular weight is 342 g/mol. The van der Waals surface area contributed by atoms with E-state index in [0.29, 0.717) is 12.3 Å². The van der Waals surface area contributed by atoms with Crippen molar-refractivity contribution in [1.29, 1.82) is 0 Å². The van der Waals surface area contributed by atoms with E-state index in [4.69, 9.17) is 4.74 Å². The maximum atomic E-state index is 11.5. The van der Waals surface area contributed by atoms with E-state index in [9.17, 15) is 4.79 Å². The van der Waals surface area contributed by atoms with E-state index in [1.165, 1.54) is 0 Å². The van der Waals surface area contributed by atoms with Gasteiger partial charge >= 0.3 is 5.97 Å². The van der Waals surface area contributed by atoms with Crippen molar-refractivity contribution in [2.24, 2.45) is 0 Å². The van der Waals surface area contributed by atoms with Gasteiger partial charge in [0.05, 0.1) is 12.3 Å². The highest BCUT2D eigenvalue weighted by Gasteiger charge is 2.14. The van der Waals surface area contributed by atoms with Gasteiger partial charge in [0.15, 0.2) is 5.69 Å². The molecule has 0 radical (unpaired) electrons. The van der Waals surface area contributed by atoms with Crippen molar-refractivity contribution < 1.29 is 9.53 Å². The van der Waals surface area contributed by atoms with Crippen molar-refractivity contribution in [2.45, 2.75) is 6.92 Å². The highest BCUT2D eigenvalue weighted by Crippen LogP contribution is 2.14. The van der Waals surface area contributed by atoms with Crippen LogP contribution in [0.5, 0.6) is 0 Å². The summed E-state index contributed by atoms with van der Waals surface area (Å²) in [6.45, 7) is 2.13. The Morgan fingerprint density at radius 2 is 2.12 bits per heavy atom. The molecule has 0 bridgehead atoms. The van der Waals surface area contributed by atoms with Gasteiger partial charge < -0.3 is 4.74 Å². The first-order valence-corrected chi connectivity index (χ1v) is 6.28. The smallest absolute Gasteiger partial charge is 0.358 e. The minimum atomic E-state index is -0.389. The maximum absolute atomic E-state index is 11.5. The maximum Gasteiger partial charge on any atom is 0.358 e. The Morgan fingerprint density at radius 3 is 2.76 bits per heavy atom. The molecule has 0 atom stereocenters. The zero-order valence-electron chi connectivity index (χ0n) is 9.26. The van der Waals surface area contributed by atoms with Crippen LogP contribution >= 0.6 is 22.6 Å². The molecule has 88 valence electrons. The average Bonchev–Trinajstić information content (AvgIpc) is 2.73. The molecule has 4 nitrogen and oxygen atoms in total. The van der Waals surface area contributed by atoms with Crippen LogP contribution in [0.1, 0.15) is 17.4 Å². The number of rotatable bonds is 3. The third kappa shape index (κ3) is 2.66. The number of ether oxygens (including phenoxy) is 1. The van der Waals surface area contributed by atoms with Gasteiger partial charge in [0.1, 0.15) is 3.70 Å². The fourth-order valence-corrected chi connectivity index (χ4v) is 2.09. The zero-order chi connectivity index (χ0) is 12.3. The van der Waals surface area contributed by atoms with Gasteiger partial charge in [0.25, 0.3) is 0 Å². The van der Waals surface area contributed by atoms with Crippen molar-refractivity contribution >= 4 is 28.6 Å². The summed E-state index contributed by atoms with van der Waals surface area (Å²) in [4.78, 5) is 11.5. The molecule has 0 saturated carbocycles. The quantitative estimate of drug-likeness (QED) is 0.636. The minimum absolute atomic E-state index is 0.333. The number of nitrogens with zero attached hydrogens (tertiary/aromatic N) is 2. The predicted octanol–water partition coefficient (Wildman–Crippen LogP) is 2.65. The van der Waals surface area contributed by atoms with Crippen LogP contribution in [0.25, 0.3) is 5.69 Å². The summed E-state index contributed by atoms with van der Waals surface area (Å²) in [5, 5.41) is 4.23. The highest BCUT2D eigenvalue weighted by molar-refractivity contribution is 14.1. The van der Waals surface area contributed by atoms with Crippen LogP contribution in [0.3, 0.4) is 0 Å². The number of halogens is 1. The van der Waals surface area contributed by atoms with Crippen molar-refractivity contribution in [3.8, 4) is 5.69 Å². The summed E-state index contributed by atoms with van der Waals surface area (Å²) >= 11 is 2.14. The molecule has 0 amide bonds. The van der Waals surface area contributed by atoms with E-state index in [-0.39, 0.29) is 5.97 Å². The van der Waals surface area contributed by atoms with E-state index in [1.54, 1.807) is 17.7 Å². The molecule has 0 aliphatic rings. The van der Waals surface area contributed by atoms with Gasteiger partial charge in [-0.1, -0.05) is 18.2 Å². The second-order valence-corrected chi connectivity index (χ2v) is 4.43. The normalized spacial score (nSPS) is 10.2. The Bertz CT molecular complexity index is 523. The Balaban J connectivity index is 2.35. The first-order valence-electron chi connectivity index (χ1n) is 5.20. The van der Waals surface area contributed by atoms with Gasteiger partial charge in [-0.05, 0) is 41.6 Å². The van der Waals surface area contributed by atoms with Crippen molar-refractivity contribution in [3.63, 3.8) is 0 Å². The Morgan fingerprint density at radius 1 is 1.41 bits per heavy atom. The molecule has 5 heteroatoms. The second kappa shape index (κ2) is 5.31. The lowest BCUT2D eigenvalue weighted by atomic mass is 10.3. The lowest BCUT2D eigenvalue weighted by Gasteiger charge is -2.01. The SMILES string of the molecule is CCOC(=O)c1cc(I)n(-c2ccccc2)n1. The monoisotopic (exact) mass is 342 g/mol. The summed E-state index contributed by atoms with van der Waals surface area (Å²) < 4.78 is 7.50. The molecule has 1 heterocycles. The third-order valence-corrected chi connectivity index (χ3v) is 2.92. The Kier molecular flexibility index (Phi) is 3.78. The molecule has 17 heavy (non-hydrogen) atoms. The van der Waals surface area contributed by atoms with E-state index >= 15 is 0 Å². The molecule has 1 aromatic heterocycles. The number of benzene rings is 1. The van der Waals surface area contributed by atoms with Crippen molar-refractivity contribution in [1.82, 2.24) is 9.78 Å².